The highest BCUT2D eigenvalue weighted by atomic mass is 16.7. The Kier molecular flexibility index (Phi) is 9.87. The van der Waals surface area contributed by atoms with Gasteiger partial charge in [-0.05, 0) is 68.1 Å². The molecule has 1 fully saturated rings. The average Bonchev–Trinajstić information content (AvgIpc) is 2.69. The number of rotatable bonds is 11. The Bertz CT molecular complexity index is 588. The van der Waals surface area contributed by atoms with Crippen molar-refractivity contribution in [1.29, 1.82) is 0 Å². The highest BCUT2D eigenvalue weighted by Crippen LogP contribution is 2.38. The lowest BCUT2D eigenvalue weighted by molar-refractivity contribution is -0.137. The number of carbonyl (C=O) groups is 2. The fraction of sp³-hybridized carbons (Fsp3) is 0.652. The third kappa shape index (κ3) is 8.32. The van der Waals surface area contributed by atoms with Crippen LogP contribution in [0, 0.1) is 5.92 Å². The summed E-state index contributed by atoms with van der Waals surface area (Å²) >= 11 is 0. The Morgan fingerprint density at radius 3 is 2.36 bits per heavy atom. The summed E-state index contributed by atoms with van der Waals surface area (Å²) in [6.45, 7) is 2.43. The lowest BCUT2D eigenvalue weighted by Crippen LogP contribution is -2.14. The topological polar surface area (TPSA) is 72.8 Å². The van der Waals surface area contributed by atoms with Gasteiger partial charge in [0.1, 0.15) is 5.75 Å². The zero-order valence-electron chi connectivity index (χ0n) is 17.0. The molecule has 0 aliphatic heterocycles. The number of benzene rings is 1. The van der Waals surface area contributed by atoms with Crippen molar-refractivity contribution in [2.45, 2.75) is 83.5 Å². The number of unbranched alkanes of at least 4 members (excludes halogenated alkanes) is 3. The second-order valence-electron chi connectivity index (χ2n) is 7.83. The van der Waals surface area contributed by atoms with Gasteiger partial charge in [-0.15, -0.1) is 0 Å². The van der Waals surface area contributed by atoms with Crippen molar-refractivity contribution in [2.24, 2.45) is 5.92 Å². The van der Waals surface area contributed by atoms with E-state index in [1.54, 1.807) is 0 Å². The Hall–Kier alpha value is -2.04. The molecular formula is C23H34O5. The second-order valence-corrected chi connectivity index (χ2v) is 7.83. The summed E-state index contributed by atoms with van der Waals surface area (Å²) in [7, 11) is 0. The molecule has 0 spiro atoms. The van der Waals surface area contributed by atoms with Crippen LogP contribution >= 0.6 is 0 Å². The number of ether oxygens (including phenoxy) is 2. The van der Waals surface area contributed by atoms with E-state index in [2.05, 4.69) is 19.1 Å². The molecule has 0 unspecified atom stereocenters. The van der Waals surface area contributed by atoms with E-state index in [0.29, 0.717) is 24.5 Å². The standard InChI is InChI=1S/C23H34O5/c1-2-3-4-7-18-9-11-19(12-10-18)20-13-15-21(16-14-20)28-23(26)27-17-6-5-8-22(24)25/h13-16,18-19H,2-12,17H2,1H3,(H,24,25). The largest absolute Gasteiger partial charge is 0.513 e. The van der Waals surface area contributed by atoms with Crippen LogP contribution in [0.25, 0.3) is 0 Å². The minimum atomic E-state index is -0.840. The summed E-state index contributed by atoms with van der Waals surface area (Å²) in [6, 6.07) is 7.76. The maximum atomic E-state index is 11.7. The molecule has 1 aliphatic carbocycles. The molecule has 1 N–H and O–H groups in total. The molecule has 1 aliphatic rings. The van der Waals surface area contributed by atoms with Crippen molar-refractivity contribution >= 4 is 12.1 Å². The second kappa shape index (κ2) is 12.4. The Labute approximate surface area is 168 Å². The van der Waals surface area contributed by atoms with Crippen molar-refractivity contribution in [1.82, 2.24) is 0 Å². The van der Waals surface area contributed by atoms with Crippen molar-refractivity contribution in [3.63, 3.8) is 0 Å². The van der Waals surface area contributed by atoms with E-state index in [9.17, 15) is 9.59 Å². The molecule has 28 heavy (non-hydrogen) atoms. The summed E-state index contributed by atoms with van der Waals surface area (Å²) in [4.78, 5) is 22.1. The summed E-state index contributed by atoms with van der Waals surface area (Å²) in [5, 5.41) is 8.56. The Morgan fingerprint density at radius 1 is 1.00 bits per heavy atom. The van der Waals surface area contributed by atoms with Crippen molar-refractivity contribution < 1.29 is 24.2 Å². The molecule has 0 heterocycles. The molecule has 0 radical (unpaired) electrons. The molecule has 1 saturated carbocycles. The van der Waals surface area contributed by atoms with Crippen LogP contribution in [-0.4, -0.2) is 23.8 Å². The summed E-state index contributed by atoms with van der Waals surface area (Å²) in [6.07, 6.45) is 10.9. The van der Waals surface area contributed by atoms with Crippen LogP contribution in [0.2, 0.25) is 0 Å². The molecule has 5 heteroatoms. The molecule has 0 atom stereocenters. The van der Waals surface area contributed by atoms with Gasteiger partial charge in [-0.1, -0.05) is 44.7 Å². The first-order valence-corrected chi connectivity index (χ1v) is 10.7. The SMILES string of the molecule is CCCCCC1CCC(c2ccc(OC(=O)OCCCCC(=O)O)cc2)CC1. The highest BCUT2D eigenvalue weighted by molar-refractivity contribution is 5.66. The van der Waals surface area contributed by atoms with E-state index in [1.807, 2.05) is 12.1 Å². The number of carboxylic acid groups (broad SMARTS) is 1. The van der Waals surface area contributed by atoms with Crippen molar-refractivity contribution in [3.05, 3.63) is 29.8 Å². The van der Waals surface area contributed by atoms with Gasteiger partial charge in [0.15, 0.2) is 0 Å². The van der Waals surface area contributed by atoms with Gasteiger partial charge in [-0.2, -0.15) is 0 Å². The van der Waals surface area contributed by atoms with Crippen molar-refractivity contribution in [3.8, 4) is 5.75 Å². The minimum Gasteiger partial charge on any atom is -0.481 e. The number of hydrogen-bond acceptors (Lipinski definition) is 4. The van der Waals surface area contributed by atoms with E-state index in [4.69, 9.17) is 14.6 Å². The smallest absolute Gasteiger partial charge is 0.481 e. The predicted molar refractivity (Wildman–Crippen MR) is 109 cm³/mol. The van der Waals surface area contributed by atoms with E-state index in [0.717, 1.165) is 5.92 Å². The molecule has 156 valence electrons. The van der Waals surface area contributed by atoms with E-state index in [1.165, 1.54) is 56.9 Å². The lowest BCUT2D eigenvalue weighted by Gasteiger charge is -2.29. The molecule has 0 saturated heterocycles. The number of hydrogen-bond donors (Lipinski definition) is 1. The minimum absolute atomic E-state index is 0.0839. The fourth-order valence-corrected chi connectivity index (χ4v) is 3.93. The van der Waals surface area contributed by atoms with Gasteiger partial charge < -0.3 is 14.6 Å². The van der Waals surface area contributed by atoms with Crippen LogP contribution in [0.3, 0.4) is 0 Å². The normalized spacial score (nSPS) is 19.2. The van der Waals surface area contributed by atoms with E-state index < -0.39 is 12.1 Å². The first-order chi connectivity index (χ1) is 13.6. The molecular weight excluding hydrogens is 356 g/mol. The maximum Gasteiger partial charge on any atom is 0.513 e. The third-order valence-electron chi connectivity index (χ3n) is 5.62. The van der Waals surface area contributed by atoms with Gasteiger partial charge in [0.05, 0.1) is 6.61 Å². The Morgan fingerprint density at radius 2 is 1.71 bits per heavy atom. The van der Waals surface area contributed by atoms with Gasteiger partial charge >= 0.3 is 12.1 Å². The first kappa shape index (κ1) is 22.3. The summed E-state index contributed by atoms with van der Waals surface area (Å²) in [5.41, 5.74) is 1.32. The van der Waals surface area contributed by atoms with Crippen LogP contribution < -0.4 is 4.74 Å². The van der Waals surface area contributed by atoms with Crippen LogP contribution in [0.4, 0.5) is 4.79 Å². The molecule has 0 aromatic heterocycles. The summed E-state index contributed by atoms with van der Waals surface area (Å²) in [5.74, 6) is 1.15. The first-order valence-electron chi connectivity index (χ1n) is 10.7. The molecule has 0 amide bonds. The molecule has 1 aromatic rings. The lowest BCUT2D eigenvalue weighted by atomic mass is 9.77. The van der Waals surface area contributed by atoms with Crippen LogP contribution in [0.15, 0.2) is 24.3 Å². The molecule has 5 nitrogen and oxygen atoms in total. The molecule has 1 aromatic carbocycles. The summed E-state index contributed by atoms with van der Waals surface area (Å²) < 4.78 is 10.2. The predicted octanol–water partition coefficient (Wildman–Crippen LogP) is 6.31. The van der Waals surface area contributed by atoms with Crippen LogP contribution in [0.1, 0.15) is 89.0 Å². The van der Waals surface area contributed by atoms with Crippen LogP contribution in [0.5, 0.6) is 5.75 Å². The van der Waals surface area contributed by atoms with E-state index in [-0.39, 0.29) is 13.0 Å². The van der Waals surface area contributed by atoms with Gasteiger partial charge in [0.2, 0.25) is 0 Å². The molecule has 2 rings (SSSR count). The molecule has 0 bridgehead atoms. The fourth-order valence-electron chi connectivity index (χ4n) is 3.93. The third-order valence-corrected chi connectivity index (χ3v) is 5.62. The average molecular weight is 391 g/mol. The van der Waals surface area contributed by atoms with Gasteiger partial charge in [-0.3, -0.25) is 4.79 Å². The zero-order chi connectivity index (χ0) is 20.2. The number of carboxylic acids is 1. The maximum absolute atomic E-state index is 11.7. The Balaban J connectivity index is 1.67. The number of carbonyl (C=O) groups excluding carboxylic acids is 1. The van der Waals surface area contributed by atoms with Crippen LogP contribution in [-0.2, 0) is 9.53 Å². The van der Waals surface area contributed by atoms with Gasteiger partial charge in [0, 0.05) is 6.42 Å². The quantitative estimate of drug-likeness (QED) is 0.272. The monoisotopic (exact) mass is 390 g/mol. The highest BCUT2D eigenvalue weighted by Gasteiger charge is 2.22. The number of aliphatic carboxylic acids is 1. The van der Waals surface area contributed by atoms with E-state index >= 15 is 0 Å². The van der Waals surface area contributed by atoms with Crippen molar-refractivity contribution in [2.75, 3.05) is 6.61 Å². The van der Waals surface area contributed by atoms with Gasteiger partial charge in [-0.25, -0.2) is 4.79 Å². The van der Waals surface area contributed by atoms with Gasteiger partial charge in [0.25, 0.3) is 0 Å². The zero-order valence-corrected chi connectivity index (χ0v) is 17.0.